The van der Waals surface area contributed by atoms with Crippen LogP contribution in [0.1, 0.15) is 5.56 Å². The molecular formula is C14H21FN2O3S. The van der Waals surface area contributed by atoms with Crippen molar-refractivity contribution in [2.75, 3.05) is 33.9 Å². The van der Waals surface area contributed by atoms with Gasteiger partial charge < -0.3 is 10.1 Å². The number of methoxy groups -OCH3 is 1. The fourth-order valence-corrected chi connectivity index (χ4v) is 3.28. The third-order valence-electron chi connectivity index (χ3n) is 2.90. The maximum Gasteiger partial charge on any atom is 0.243 e. The summed E-state index contributed by atoms with van der Waals surface area (Å²) < 4.78 is 44.9. The molecule has 0 aliphatic carbocycles. The molecule has 0 radical (unpaired) electrons. The second-order valence-electron chi connectivity index (χ2n) is 4.43. The Labute approximate surface area is 125 Å². The van der Waals surface area contributed by atoms with E-state index in [1.165, 1.54) is 35.7 Å². The van der Waals surface area contributed by atoms with E-state index in [2.05, 4.69) is 11.9 Å². The van der Waals surface area contributed by atoms with E-state index in [9.17, 15) is 12.8 Å². The molecule has 0 bridgehead atoms. The van der Waals surface area contributed by atoms with Crippen LogP contribution in [0.25, 0.3) is 0 Å². The van der Waals surface area contributed by atoms with Gasteiger partial charge in [-0.2, -0.15) is 4.31 Å². The predicted molar refractivity (Wildman–Crippen MR) is 80.0 cm³/mol. The van der Waals surface area contributed by atoms with Gasteiger partial charge in [0, 0.05) is 32.3 Å². The van der Waals surface area contributed by atoms with Gasteiger partial charge in [-0.25, -0.2) is 12.8 Å². The molecule has 0 fully saturated rings. The smallest absolute Gasteiger partial charge is 0.243 e. The summed E-state index contributed by atoms with van der Waals surface area (Å²) in [5, 5.41) is 2.81. The lowest BCUT2D eigenvalue weighted by atomic mass is 10.2. The molecule has 0 aliphatic heterocycles. The van der Waals surface area contributed by atoms with Crippen LogP contribution in [0.3, 0.4) is 0 Å². The molecule has 0 saturated heterocycles. The van der Waals surface area contributed by atoms with Crippen LogP contribution in [-0.4, -0.2) is 46.6 Å². The number of nitrogens with one attached hydrogen (secondary N) is 1. The maximum absolute atomic E-state index is 13.6. The van der Waals surface area contributed by atoms with E-state index in [1.54, 1.807) is 7.05 Å². The molecule has 21 heavy (non-hydrogen) atoms. The summed E-state index contributed by atoms with van der Waals surface area (Å²) in [6.45, 7) is 4.48. The lowest BCUT2D eigenvalue weighted by Crippen LogP contribution is -2.34. The first-order valence-electron chi connectivity index (χ1n) is 6.50. The van der Waals surface area contributed by atoms with Crippen LogP contribution < -0.4 is 5.32 Å². The monoisotopic (exact) mass is 316 g/mol. The average Bonchev–Trinajstić information content (AvgIpc) is 2.45. The van der Waals surface area contributed by atoms with Crippen molar-refractivity contribution in [1.29, 1.82) is 0 Å². The van der Waals surface area contributed by atoms with Crippen molar-refractivity contribution in [3.05, 3.63) is 42.2 Å². The van der Waals surface area contributed by atoms with Gasteiger partial charge in [-0.1, -0.05) is 6.08 Å². The van der Waals surface area contributed by atoms with Gasteiger partial charge in [0.25, 0.3) is 0 Å². The molecule has 7 heteroatoms. The number of sulfonamides is 1. The predicted octanol–water partition coefficient (Wildman–Crippen LogP) is 1.37. The Hall–Kier alpha value is -1.28. The normalized spacial score (nSPS) is 11.8. The number of ether oxygens (including phenoxy) is 1. The third-order valence-corrected chi connectivity index (χ3v) is 4.76. The van der Waals surface area contributed by atoms with Crippen LogP contribution in [0.4, 0.5) is 4.39 Å². The van der Waals surface area contributed by atoms with Crippen molar-refractivity contribution >= 4 is 10.0 Å². The van der Waals surface area contributed by atoms with Crippen LogP contribution in [-0.2, 0) is 21.3 Å². The van der Waals surface area contributed by atoms with Gasteiger partial charge in [0.1, 0.15) is 5.82 Å². The van der Waals surface area contributed by atoms with E-state index in [-0.39, 0.29) is 31.1 Å². The largest absolute Gasteiger partial charge is 0.383 e. The standard InChI is InChI=1S/C14H21FN2O3S/c1-4-7-17(8-9-20-3)21(18,19)13-5-6-14(15)12(10-13)11-16-2/h4-6,10,16H,1,7-9,11H2,2-3H3. The quantitative estimate of drug-likeness (QED) is 0.699. The number of halogens is 1. The number of benzene rings is 1. The van der Waals surface area contributed by atoms with Crippen LogP contribution >= 0.6 is 0 Å². The fraction of sp³-hybridized carbons (Fsp3) is 0.429. The lowest BCUT2D eigenvalue weighted by Gasteiger charge is -2.20. The van der Waals surface area contributed by atoms with Gasteiger partial charge in [0.05, 0.1) is 11.5 Å². The molecule has 5 nitrogen and oxygen atoms in total. The summed E-state index contributed by atoms with van der Waals surface area (Å²) in [7, 11) is -0.534. The number of hydrogen-bond donors (Lipinski definition) is 1. The summed E-state index contributed by atoms with van der Waals surface area (Å²) in [6.07, 6.45) is 1.51. The second-order valence-corrected chi connectivity index (χ2v) is 6.37. The summed E-state index contributed by atoms with van der Waals surface area (Å²) in [5.74, 6) is -0.435. The molecule has 0 aliphatic rings. The molecule has 0 unspecified atom stereocenters. The molecule has 0 amide bonds. The molecule has 0 heterocycles. The Morgan fingerprint density at radius 1 is 1.48 bits per heavy atom. The van der Waals surface area contributed by atoms with Crippen molar-refractivity contribution in [3.63, 3.8) is 0 Å². The highest BCUT2D eigenvalue weighted by atomic mass is 32.2. The Kier molecular flexibility index (Phi) is 6.97. The van der Waals surface area contributed by atoms with Crippen LogP contribution in [0.5, 0.6) is 0 Å². The minimum atomic E-state index is -3.71. The first-order valence-corrected chi connectivity index (χ1v) is 7.94. The zero-order valence-corrected chi connectivity index (χ0v) is 13.1. The Morgan fingerprint density at radius 3 is 2.76 bits per heavy atom. The number of hydrogen-bond acceptors (Lipinski definition) is 4. The number of rotatable bonds is 9. The molecule has 1 N–H and O–H groups in total. The van der Waals surface area contributed by atoms with Gasteiger partial charge in [-0.05, 0) is 25.2 Å². The van der Waals surface area contributed by atoms with E-state index in [1.807, 2.05) is 0 Å². The zero-order valence-electron chi connectivity index (χ0n) is 12.3. The van der Waals surface area contributed by atoms with E-state index in [0.29, 0.717) is 5.56 Å². The van der Waals surface area contributed by atoms with Gasteiger partial charge in [0.15, 0.2) is 0 Å². The SMILES string of the molecule is C=CCN(CCOC)S(=O)(=O)c1ccc(F)c(CNC)c1. The highest BCUT2D eigenvalue weighted by Gasteiger charge is 2.24. The average molecular weight is 316 g/mol. The minimum absolute atomic E-state index is 0.0621. The minimum Gasteiger partial charge on any atom is -0.383 e. The summed E-state index contributed by atoms with van der Waals surface area (Å²) >= 11 is 0. The Balaban J connectivity index is 3.14. The van der Waals surface area contributed by atoms with E-state index in [4.69, 9.17) is 4.74 Å². The highest BCUT2D eigenvalue weighted by molar-refractivity contribution is 7.89. The van der Waals surface area contributed by atoms with E-state index >= 15 is 0 Å². The van der Waals surface area contributed by atoms with Gasteiger partial charge in [-0.3, -0.25) is 0 Å². The molecule has 118 valence electrons. The van der Waals surface area contributed by atoms with Crippen LogP contribution in [0.2, 0.25) is 0 Å². The van der Waals surface area contributed by atoms with E-state index in [0.717, 1.165) is 0 Å². The third kappa shape index (κ3) is 4.60. The lowest BCUT2D eigenvalue weighted by molar-refractivity contribution is 0.182. The highest BCUT2D eigenvalue weighted by Crippen LogP contribution is 2.19. The zero-order chi connectivity index (χ0) is 15.9. The van der Waals surface area contributed by atoms with Crippen molar-refractivity contribution in [2.45, 2.75) is 11.4 Å². The summed E-state index contributed by atoms with van der Waals surface area (Å²) in [4.78, 5) is 0.0621. The molecular weight excluding hydrogens is 295 g/mol. The van der Waals surface area contributed by atoms with Crippen molar-refractivity contribution in [3.8, 4) is 0 Å². The molecule has 1 aromatic rings. The van der Waals surface area contributed by atoms with Gasteiger partial charge in [-0.15, -0.1) is 6.58 Å². The number of nitrogens with zero attached hydrogens (tertiary/aromatic N) is 1. The Bertz CT molecular complexity index is 576. The Morgan fingerprint density at radius 2 is 2.19 bits per heavy atom. The second kappa shape index (κ2) is 8.23. The van der Waals surface area contributed by atoms with Crippen molar-refractivity contribution in [2.24, 2.45) is 0 Å². The van der Waals surface area contributed by atoms with E-state index < -0.39 is 15.8 Å². The van der Waals surface area contributed by atoms with Crippen molar-refractivity contribution < 1.29 is 17.5 Å². The van der Waals surface area contributed by atoms with Crippen molar-refractivity contribution in [1.82, 2.24) is 9.62 Å². The topological polar surface area (TPSA) is 58.6 Å². The van der Waals surface area contributed by atoms with Crippen LogP contribution in [0.15, 0.2) is 35.7 Å². The molecule has 1 aromatic carbocycles. The molecule has 0 atom stereocenters. The van der Waals surface area contributed by atoms with Crippen LogP contribution in [0, 0.1) is 5.82 Å². The first kappa shape index (κ1) is 17.8. The summed E-state index contributed by atoms with van der Waals surface area (Å²) in [5.41, 5.74) is 0.309. The molecule has 0 aromatic heterocycles. The molecule has 0 spiro atoms. The maximum atomic E-state index is 13.6. The first-order chi connectivity index (χ1) is 9.97. The summed E-state index contributed by atoms with van der Waals surface area (Å²) in [6, 6.07) is 3.79. The molecule has 0 saturated carbocycles. The molecule has 1 rings (SSSR count). The fourth-order valence-electron chi connectivity index (χ4n) is 1.83. The van der Waals surface area contributed by atoms with Gasteiger partial charge >= 0.3 is 0 Å². The van der Waals surface area contributed by atoms with Gasteiger partial charge in [0.2, 0.25) is 10.0 Å².